The predicted octanol–water partition coefficient (Wildman–Crippen LogP) is 2.08. The molecule has 0 aliphatic carbocycles. The zero-order chi connectivity index (χ0) is 21.6. The van der Waals surface area contributed by atoms with Crippen molar-refractivity contribution in [2.75, 3.05) is 13.1 Å². The lowest BCUT2D eigenvalue weighted by molar-refractivity contribution is -0.125. The number of aromatic nitrogens is 5. The lowest BCUT2D eigenvalue weighted by Crippen LogP contribution is -2.47. The number of nitrogens with zero attached hydrogens (tertiary/aromatic N) is 6. The Bertz CT molecular complexity index is 985. The topological polar surface area (TPSA) is 88.8 Å². The van der Waals surface area contributed by atoms with Crippen LogP contribution in [0.2, 0.25) is 0 Å². The van der Waals surface area contributed by atoms with Gasteiger partial charge in [0.05, 0.1) is 5.69 Å². The van der Waals surface area contributed by atoms with Gasteiger partial charge in [0.25, 0.3) is 0 Å². The summed E-state index contributed by atoms with van der Waals surface area (Å²) < 4.78 is 14.8. The molecule has 1 N–H and O–H groups in total. The van der Waals surface area contributed by atoms with Gasteiger partial charge in [-0.05, 0) is 60.0 Å². The summed E-state index contributed by atoms with van der Waals surface area (Å²) in [5, 5.41) is 14.8. The fourth-order valence-electron chi connectivity index (χ4n) is 3.91. The Balaban J connectivity index is 1.37. The molecule has 0 saturated carbocycles. The molecular weight excluding hydrogens is 397 g/mol. The summed E-state index contributed by atoms with van der Waals surface area (Å²) in [5.74, 6) is 0.135. The number of carbonyl (C=O) groups excluding carboxylic acids is 1. The third-order valence-electron chi connectivity index (χ3n) is 5.64. The smallest absolute Gasteiger partial charge is 0.245 e. The van der Waals surface area contributed by atoms with Gasteiger partial charge in [-0.2, -0.15) is 0 Å². The second-order valence-corrected chi connectivity index (χ2v) is 7.90. The summed E-state index contributed by atoms with van der Waals surface area (Å²) in [6.45, 7) is 4.38. The first-order chi connectivity index (χ1) is 15.1. The molecule has 3 heterocycles. The largest absolute Gasteiger partial charge is 0.351 e. The maximum absolute atomic E-state index is 13.3. The van der Waals surface area contributed by atoms with E-state index in [4.69, 9.17) is 0 Å². The second-order valence-electron chi connectivity index (χ2n) is 7.90. The van der Waals surface area contributed by atoms with Gasteiger partial charge < -0.3 is 5.32 Å². The number of pyridine rings is 1. The molecule has 0 bridgehead atoms. The van der Waals surface area contributed by atoms with Crippen molar-refractivity contribution in [3.63, 3.8) is 0 Å². The van der Waals surface area contributed by atoms with Crippen LogP contribution in [-0.2, 0) is 17.8 Å². The van der Waals surface area contributed by atoms with Crippen LogP contribution in [0.25, 0.3) is 0 Å². The van der Waals surface area contributed by atoms with E-state index in [1.165, 1.54) is 16.8 Å². The normalized spacial score (nSPS) is 16.2. The van der Waals surface area contributed by atoms with Crippen LogP contribution in [0, 0.1) is 12.7 Å². The molecule has 1 atom stereocenters. The van der Waals surface area contributed by atoms with Crippen molar-refractivity contribution < 1.29 is 9.18 Å². The quantitative estimate of drug-likeness (QED) is 0.626. The highest BCUT2D eigenvalue weighted by molar-refractivity contribution is 5.80. The predicted molar refractivity (Wildman–Crippen MR) is 112 cm³/mol. The molecule has 9 heteroatoms. The summed E-state index contributed by atoms with van der Waals surface area (Å²) in [6, 6.07) is 11.6. The number of aryl methyl sites for hydroxylation is 1. The van der Waals surface area contributed by atoms with E-state index >= 15 is 0 Å². The monoisotopic (exact) mass is 423 g/mol. The van der Waals surface area contributed by atoms with Crippen LogP contribution < -0.4 is 5.32 Å². The maximum atomic E-state index is 13.3. The number of amides is 1. The van der Waals surface area contributed by atoms with Gasteiger partial charge in [0.15, 0.2) is 0 Å². The van der Waals surface area contributed by atoms with Gasteiger partial charge in [0.1, 0.15) is 17.7 Å². The number of benzene rings is 1. The van der Waals surface area contributed by atoms with Gasteiger partial charge in [-0.15, -0.1) is 5.10 Å². The third kappa shape index (κ3) is 5.49. The molecule has 4 rings (SSSR count). The molecule has 1 fully saturated rings. The Labute approximate surface area is 180 Å². The van der Waals surface area contributed by atoms with E-state index < -0.39 is 6.04 Å². The molecule has 1 saturated heterocycles. The molecule has 3 aromatic rings. The number of hydrogen-bond acceptors (Lipinski definition) is 6. The van der Waals surface area contributed by atoms with Gasteiger partial charge in [-0.3, -0.25) is 14.7 Å². The Kier molecular flexibility index (Phi) is 6.61. The first kappa shape index (κ1) is 21.0. The zero-order valence-electron chi connectivity index (χ0n) is 17.5. The number of hydrogen-bond donors (Lipinski definition) is 1. The minimum atomic E-state index is -0.591. The van der Waals surface area contributed by atoms with Crippen molar-refractivity contribution in [1.29, 1.82) is 0 Å². The third-order valence-corrected chi connectivity index (χ3v) is 5.64. The highest BCUT2D eigenvalue weighted by Crippen LogP contribution is 2.18. The Hall–Kier alpha value is -3.20. The first-order valence-electron chi connectivity index (χ1n) is 10.5. The van der Waals surface area contributed by atoms with Crippen molar-refractivity contribution in [2.45, 2.75) is 44.8 Å². The standard InChI is InChI=1S/C22H26FN7O/c1-16-26-27-28-30(16)21(14-17-5-7-18(23)8-6-17)22(31)25-19-9-12-29(13-10-19)15-20-4-2-3-11-24-20/h2-8,11,19,21H,9-10,12-15H2,1H3,(H,25,31). The van der Waals surface area contributed by atoms with Gasteiger partial charge in [-0.1, -0.05) is 18.2 Å². The lowest BCUT2D eigenvalue weighted by Gasteiger charge is -2.33. The van der Waals surface area contributed by atoms with E-state index in [9.17, 15) is 9.18 Å². The molecule has 162 valence electrons. The van der Waals surface area contributed by atoms with Crippen LogP contribution >= 0.6 is 0 Å². The van der Waals surface area contributed by atoms with Crippen molar-refractivity contribution >= 4 is 5.91 Å². The second kappa shape index (κ2) is 9.74. The minimum absolute atomic E-state index is 0.0972. The molecule has 8 nitrogen and oxygen atoms in total. The lowest BCUT2D eigenvalue weighted by atomic mass is 10.0. The van der Waals surface area contributed by atoms with E-state index in [1.807, 2.05) is 24.4 Å². The number of halogens is 1. The molecule has 31 heavy (non-hydrogen) atoms. The fourth-order valence-corrected chi connectivity index (χ4v) is 3.91. The van der Waals surface area contributed by atoms with E-state index in [2.05, 4.69) is 30.7 Å². The maximum Gasteiger partial charge on any atom is 0.245 e. The van der Waals surface area contributed by atoms with Crippen LogP contribution in [0.4, 0.5) is 4.39 Å². The summed E-state index contributed by atoms with van der Waals surface area (Å²) in [5.41, 5.74) is 1.90. The number of carbonyl (C=O) groups is 1. The van der Waals surface area contributed by atoms with Crippen LogP contribution in [-0.4, -0.2) is 55.1 Å². The first-order valence-corrected chi connectivity index (χ1v) is 10.5. The van der Waals surface area contributed by atoms with Crippen molar-refractivity contribution in [3.05, 3.63) is 71.6 Å². The Morgan fingerprint density at radius 2 is 1.97 bits per heavy atom. The number of tetrazole rings is 1. The number of likely N-dealkylation sites (tertiary alicyclic amines) is 1. The summed E-state index contributed by atoms with van der Waals surface area (Å²) >= 11 is 0. The molecule has 1 aliphatic rings. The fraction of sp³-hybridized carbons (Fsp3) is 0.409. The van der Waals surface area contributed by atoms with Crippen LogP contribution in [0.5, 0.6) is 0 Å². The van der Waals surface area contributed by atoms with E-state index in [1.54, 1.807) is 19.1 Å². The SMILES string of the molecule is Cc1nnnn1C(Cc1ccc(F)cc1)C(=O)NC1CCN(Cc2ccccn2)CC1. The summed E-state index contributed by atoms with van der Waals surface area (Å²) in [4.78, 5) is 19.9. The van der Waals surface area contributed by atoms with E-state index in [-0.39, 0.29) is 17.8 Å². The van der Waals surface area contributed by atoms with Gasteiger partial charge >= 0.3 is 0 Å². The van der Waals surface area contributed by atoms with Crippen LogP contribution in [0.3, 0.4) is 0 Å². The molecule has 0 radical (unpaired) electrons. The summed E-state index contributed by atoms with van der Waals surface area (Å²) in [7, 11) is 0. The molecular formula is C22H26FN7O. The zero-order valence-corrected chi connectivity index (χ0v) is 17.5. The van der Waals surface area contributed by atoms with Crippen molar-refractivity contribution in [1.82, 2.24) is 35.4 Å². The minimum Gasteiger partial charge on any atom is -0.351 e. The summed E-state index contributed by atoms with van der Waals surface area (Å²) in [6.07, 6.45) is 3.94. The molecule has 0 spiro atoms. The Morgan fingerprint density at radius 1 is 1.19 bits per heavy atom. The number of nitrogens with one attached hydrogen (secondary N) is 1. The van der Waals surface area contributed by atoms with Crippen molar-refractivity contribution in [3.8, 4) is 0 Å². The van der Waals surface area contributed by atoms with Gasteiger partial charge in [-0.25, -0.2) is 9.07 Å². The molecule has 1 aromatic carbocycles. The van der Waals surface area contributed by atoms with Gasteiger partial charge in [0, 0.05) is 38.3 Å². The number of rotatable bonds is 7. The number of piperidine rings is 1. The molecule has 1 aliphatic heterocycles. The molecule has 2 aromatic heterocycles. The molecule has 1 amide bonds. The van der Waals surface area contributed by atoms with Crippen molar-refractivity contribution in [2.24, 2.45) is 0 Å². The molecule has 1 unspecified atom stereocenters. The highest BCUT2D eigenvalue weighted by atomic mass is 19.1. The Morgan fingerprint density at radius 3 is 2.61 bits per heavy atom. The average molecular weight is 423 g/mol. The van der Waals surface area contributed by atoms with Gasteiger partial charge in [0.2, 0.25) is 5.91 Å². The van der Waals surface area contributed by atoms with Crippen LogP contribution in [0.1, 0.15) is 36.0 Å². The van der Waals surface area contributed by atoms with E-state index in [0.29, 0.717) is 12.2 Å². The van der Waals surface area contributed by atoms with E-state index in [0.717, 1.165) is 43.7 Å². The highest BCUT2D eigenvalue weighted by Gasteiger charge is 2.28. The average Bonchev–Trinajstić information content (AvgIpc) is 3.21. The van der Waals surface area contributed by atoms with Crippen LogP contribution in [0.15, 0.2) is 48.7 Å².